The van der Waals surface area contributed by atoms with Crippen molar-refractivity contribution in [2.45, 2.75) is 87.0 Å². The fraction of sp³-hybridized carbons (Fsp3) is 0.680. The Kier molecular flexibility index (Phi) is 13.5. The summed E-state index contributed by atoms with van der Waals surface area (Å²) >= 11 is 0. The minimum Gasteiger partial charge on any atom is -0.313 e. The lowest BCUT2D eigenvalue weighted by atomic mass is 9.80. The second-order valence-corrected chi connectivity index (χ2v) is 8.91. The van der Waals surface area contributed by atoms with E-state index in [1.165, 1.54) is 48.8 Å². The van der Waals surface area contributed by atoms with E-state index in [1.807, 2.05) is 12.2 Å². The molecule has 1 heterocycles. The van der Waals surface area contributed by atoms with Gasteiger partial charge in [-0.3, -0.25) is 0 Å². The molecule has 150 valence electrons. The van der Waals surface area contributed by atoms with Crippen LogP contribution in [0.2, 0.25) is 0 Å². The lowest BCUT2D eigenvalue weighted by Crippen LogP contribution is -2.21. The van der Waals surface area contributed by atoms with Gasteiger partial charge < -0.3 is 5.32 Å². The third-order valence-corrected chi connectivity index (χ3v) is 4.77. The van der Waals surface area contributed by atoms with Crippen LogP contribution < -0.4 is 5.32 Å². The van der Waals surface area contributed by atoms with E-state index in [0.29, 0.717) is 5.41 Å². The number of hydrogen-bond acceptors (Lipinski definition) is 1. The highest BCUT2D eigenvalue weighted by Gasteiger charge is 2.18. The highest BCUT2D eigenvalue weighted by Crippen LogP contribution is 2.31. The topological polar surface area (TPSA) is 12.0 Å². The van der Waals surface area contributed by atoms with Gasteiger partial charge in [0, 0.05) is 6.54 Å². The maximum atomic E-state index is 3.70. The molecule has 0 atom stereocenters. The molecule has 0 radical (unpaired) electrons. The van der Waals surface area contributed by atoms with Crippen LogP contribution in [0.15, 0.2) is 47.6 Å². The van der Waals surface area contributed by atoms with Crippen molar-refractivity contribution >= 4 is 0 Å². The van der Waals surface area contributed by atoms with E-state index in [1.54, 1.807) is 0 Å². The third kappa shape index (κ3) is 12.3. The number of hydrogen-bond donors (Lipinski definition) is 1. The first-order valence-corrected chi connectivity index (χ1v) is 10.6. The highest BCUT2D eigenvalue weighted by molar-refractivity contribution is 5.44. The Morgan fingerprint density at radius 2 is 1.96 bits per heavy atom. The predicted molar refractivity (Wildman–Crippen MR) is 121 cm³/mol. The summed E-state index contributed by atoms with van der Waals surface area (Å²) in [5.41, 5.74) is 4.77. The summed E-state index contributed by atoms with van der Waals surface area (Å²) in [5.74, 6) is 0.849. The second-order valence-electron chi connectivity index (χ2n) is 8.91. The van der Waals surface area contributed by atoms with Crippen molar-refractivity contribution in [2.75, 3.05) is 13.1 Å². The minimum absolute atomic E-state index is 0.573. The third-order valence-electron chi connectivity index (χ3n) is 4.77. The molecule has 0 bridgehead atoms. The van der Waals surface area contributed by atoms with Crippen molar-refractivity contribution < 1.29 is 0 Å². The molecule has 0 amide bonds. The lowest BCUT2D eigenvalue weighted by molar-refractivity contribution is 0.257. The molecule has 0 fully saturated rings. The van der Waals surface area contributed by atoms with Crippen LogP contribution in [-0.2, 0) is 0 Å². The molecular weight excluding hydrogens is 314 g/mol. The molecule has 26 heavy (non-hydrogen) atoms. The molecule has 0 aromatic rings. The number of rotatable bonds is 9. The molecule has 1 aliphatic heterocycles. The van der Waals surface area contributed by atoms with Gasteiger partial charge in [0.1, 0.15) is 0 Å². The molecule has 1 nitrogen and oxygen atoms in total. The van der Waals surface area contributed by atoms with Crippen molar-refractivity contribution in [3.05, 3.63) is 47.6 Å². The molecule has 0 saturated carbocycles. The van der Waals surface area contributed by atoms with E-state index < -0.39 is 0 Å². The first-order valence-electron chi connectivity index (χ1n) is 10.6. The van der Waals surface area contributed by atoms with E-state index >= 15 is 0 Å². The fourth-order valence-corrected chi connectivity index (χ4v) is 3.69. The molecule has 0 saturated heterocycles. The number of unbranched alkanes of at least 4 members (excludes halogenated alkanes) is 2. The van der Waals surface area contributed by atoms with Crippen LogP contribution in [0.3, 0.4) is 0 Å². The van der Waals surface area contributed by atoms with Crippen molar-refractivity contribution in [1.82, 2.24) is 5.32 Å². The van der Waals surface area contributed by atoms with Gasteiger partial charge in [0.15, 0.2) is 0 Å². The monoisotopic (exact) mass is 359 g/mol. The molecule has 1 rings (SSSR count). The van der Waals surface area contributed by atoms with Gasteiger partial charge in [0.2, 0.25) is 0 Å². The maximum absolute atomic E-state index is 3.70. The minimum atomic E-state index is 0.573. The lowest BCUT2D eigenvalue weighted by Gasteiger charge is -2.26. The van der Waals surface area contributed by atoms with E-state index in [2.05, 4.69) is 72.5 Å². The summed E-state index contributed by atoms with van der Waals surface area (Å²) in [6, 6.07) is 0. The maximum Gasteiger partial charge on any atom is 0.0140 e. The van der Waals surface area contributed by atoms with Gasteiger partial charge >= 0.3 is 0 Å². The van der Waals surface area contributed by atoms with Crippen molar-refractivity contribution in [3.8, 4) is 0 Å². The van der Waals surface area contributed by atoms with Gasteiger partial charge in [-0.05, 0) is 62.1 Å². The predicted octanol–water partition coefficient (Wildman–Crippen LogP) is 7.62. The zero-order chi connectivity index (χ0) is 20.0. The summed E-state index contributed by atoms with van der Waals surface area (Å²) in [4.78, 5) is 0. The second kappa shape index (κ2) is 14.0. The molecule has 0 unspecified atom stereocenters. The SMILES string of the molecule is C=C/C=C\C(C1=CCNCC1)=C(C)C.CCCCCC(C)(C)CC(C)C. The van der Waals surface area contributed by atoms with Crippen molar-refractivity contribution in [2.24, 2.45) is 11.3 Å². The van der Waals surface area contributed by atoms with Gasteiger partial charge in [-0.25, -0.2) is 0 Å². The van der Waals surface area contributed by atoms with Crippen molar-refractivity contribution in [1.29, 1.82) is 0 Å². The Morgan fingerprint density at radius 1 is 1.27 bits per heavy atom. The molecule has 1 N–H and O–H groups in total. The molecule has 0 aliphatic carbocycles. The number of nitrogens with one attached hydrogen (secondary N) is 1. The zero-order valence-corrected chi connectivity index (χ0v) is 18.8. The van der Waals surface area contributed by atoms with Gasteiger partial charge in [-0.1, -0.05) is 90.3 Å². The molecular formula is C25H45N. The summed E-state index contributed by atoms with van der Waals surface area (Å²) in [5, 5.41) is 3.32. The van der Waals surface area contributed by atoms with Gasteiger partial charge in [-0.15, -0.1) is 0 Å². The van der Waals surface area contributed by atoms with Crippen LogP contribution in [0.25, 0.3) is 0 Å². The standard InChI is InChI=1S/C13H19N.C12H26/c1-4-5-6-13(11(2)3)12-7-9-14-10-8-12;1-6-7-8-9-12(4,5)10-11(2)3/h4-7,14H,1,8-10H2,2-3H3;11H,6-10H2,1-5H3/b6-5-;. The van der Waals surface area contributed by atoms with Gasteiger partial charge in [-0.2, -0.15) is 0 Å². The van der Waals surface area contributed by atoms with Gasteiger partial charge in [0.05, 0.1) is 0 Å². The van der Waals surface area contributed by atoms with Crippen LogP contribution >= 0.6 is 0 Å². The molecule has 1 heteroatoms. The van der Waals surface area contributed by atoms with Gasteiger partial charge in [0.25, 0.3) is 0 Å². The van der Waals surface area contributed by atoms with Crippen LogP contribution in [-0.4, -0.2) is 13.1 Å². The van der Waals surface area contributed by atoms with Crippen LogP contribution in [0.5, 0.6) is 0 Å². The molecule has 1 aliphatic rings. The van der Waals surface area contributed by atoms with Crippen LogP contribution in [0.4, 0.5) is 0 Å². The van der Waals surface area contributed by atoms with E-state index in [9.17, 15) is 0 Å². The quantitative estimate of drug-likeness (QED) is 0.330. The van der Waals surface area contributed by atoms with E-state index in [-0.39, 0.29) is 0 Å². The molecule has 0 aromatic carbocycles. The molecule has 0 aromatic heterocycles. The van der Waals surface area contributed by atoms with Crippen LogP contribution in [0, 0.1) is 11.3 Å². The average molecular weight is 360 g/mol. The first-order chi connectivity index (χ1) is 12.2. The Balaban J connectivity index is 0.000000488. The summed E-state index contributed by atoms with van der Waals surface area (Å²) in [6.07, 6.45) is 16.3. The van der Waals surface area contributed by atoms with Crippen LogP contribution in [0.1, 0.15) is 87.0 Å². The molecule has 0 spiro atoms. The summed E-state index contributed by atoms with van der Waals surface area (Å²) < 4.78 is 0. The summed E-state index contributed by atoms with van der Waals surface area (Å²) in [7, 11) is 0. The smallest absolute Gasteiger partial charge is 0.0140 e. The fourth-order valence-electron chi connectivity index (χ4n) is 3.69. The summed E-state index contributed by atoms with van der Waals surface area (Å²) in [6.45, 7) is 21.8. The number of allylic oxidation sites excluding steroid dienone is 5. The highest BCUT2D eigenvalue weighted by atomic mass is 14.8. The Morgan fingerprint density at radius 3 is 2.42 bits per heavy atom. The Bertz CT molecular complexity index is 470. The normalized spacial score (nSPS) is 14.7. The average Bonchev–Trinajstić information content (AvgIpc) is 2.55. The Labute approximate surface area is 164 Å². The first kappa shape index (κ1) is 24.9. The Hall–Kier alpha value is -1.08. The van der Waals surface area contributed by atoms with Crippen molar-refractivity contribution in [3.63, 3.8) is 0 Å². The largest absolute Gasteiger partial charge is 0.313 e. The van der Waals surface area contributed by atoms with E-state index in [4.69, 9.17) is 0 Å². The zero-order valence-electron chi connectivity index (χ0n) is 18.8. The van der Waals surface area contributed by atoms with E-state index in [0.717, 1.165) is 25.4 Å².